The summed E-state index contributed by atoms with van der Waals surface area (Å²) in [5, 5.41) is 10.0. The Bertz CT molecular complexity index is 1280. The van der Waals surface area contributed by atoms with Gasteiger partial charge < -0.3 is 18.9 Å². The Kier molecular flexibility index (Phi) is 19.2. The number of rotatable bonds is 13. The van der Waals surface area contributed by atoms with Crippen molar-refractivity contribution in [2.75, 3.05) is 13.1 Å². The van der Waals surface area contributed by atoms with Gasteiger partial charge in [-0.05, 0) is 127 Å². The van der Waals surface area contributed by atoms with E-state index in [4.69, 9.17) is 18.9 Å². The fourth-order valence-corrected chi connectivity index (χ4v) is 5.37. The first kappa shape index (κ1) is 46.1. The first-order valence-electron chi connectivity index (χ1n) is 18.1. The van der Waals surface area contributed by atoms with Crippen LogP contribution in [0.2, 0.25) is 0 Å². The van der Waals surface area contributed by atoms with Crippen LogP contribution in [0.3, 0.4) is 0 Å². The summed E-state index contributed by atoms with van der Waals surface area (Å²) in [6.07, 6.45) is 5.91. The van der Waals surface area contributed by atoms with E-state index in [0.29, 0.717) is 13.1 Å². The number of nitrogens with one attached hydrogen (secondary N) is 4. The minimum absolute atomic E-state index is 0.00158. The normalized spacial score (nSPS) is 11.8. The Labute approximate surface area is 314 Å². The van der Waals surface area contributed by atoms with E-state index in [-0.39, 0.29) is 11.9 Å². The van der Waals surface area contributed by atoms with Gasteiger partial charge in [0.05, 0.1) is 0 Å². The summed E-state index contributed by atoms with van der Waals surface area (Å²) in [5.41, 5.74) is -2.79. The first-order chi connectivity index (χ1) is 23.9. The monoisotopic (exact) mass is 752 g/mol. The highest BCUT2D eigenvalue weighted by Crippen LogP contribution is 2.21. The van der Waals surface area contributed by atoms with Gasteiger partial charge in [-0.3, -0.25) is 31.3 Å². The third-order valence-electron chi connectivity index (χ3n) is 6.15. The molecular weight excluding hydrogens is 689 g/mol. The van der Waals surface area contributed by atoms with E-state index >= 15 is 0 Å². The summed E-state index contributed by atoms with van der Waals surface area (Å²) >= 11 is 1.80. The largest absolute Gasteiger partial charge is 0.444 e. The van der Waals surface area contributed by atoms with Crippen LogP contribution < -0.4 is 21.3 Å². The molecule has 0 saturated heterocycles. The fraction of sp³-hybridized carbons (Fsp3) is 0.730. The SMILES string of the molecule is CC(C)(C)OC(=O)NC(=NCCCCCCCCc1ccc(CCCN=C(NC(=O)OC(C)(C)C)NC(=O)OC(C)(C)C)s1)NC(=O)OC(C)(C)C. The molecule has 0 aliphatic carbocycles. The van der Waals surface area contributed by atoms with Crippen LogP contribution in [0.4, 0.5) is 19.2 Å². The highest BCUT2D eigenvalue weighted by atomic mass is 32.1. The van der Waals surface area contributed by atoms with E-state index in [9.17, 15) is 19.2 Å². The number of unbranched alkanes of at least 4 members (excludes halogenated alkanes) is 5. The van der Waals surface area contributed by atoms with E-state index in [1.807, 2.05) is 0 Å². The number of alkyl carbamates (subject to hydrolysis) is 4. The van der Waals surface area contributed by atoms with Gasteiger partial charge in [0.2, 0.25) is 11.9 Å². The number of carbonyl (C=O) groups excluding carboxylic acids is 4. The van der Waals surface area contributed by atoms with E-state index in [2.05, 4.69) is 43.4 Å². The quantitative estimate of drug-likeness (QED) is 0.0672. The van der Waals surface area contributed by atoms with Crippen LogP contribution in [0.25, 0.3) is 0 Å². The smallest absolute Gasteiger partial charge is 0.414 e. The zero-order valence-corrected chi connectivity index (χ0v) is 34.3. The molecule has 0 spiro atoms. The summed E-state index contributed by atoms with van der Waals surface area (Å²) in [6, 6.07) is 4.32. The average Bonchev–Trinajstić information content (AvgIpc) is 3.37. The summed E-state index contributed by atoms with van der Waals surface area (Å²) in [7, 11) is 0. The third-order valence-corrected chi connectivity index (χ3v) is 7.35. The van der Waals surface area contributed by atoms with Gasteiger partial charge in [0.25, 0.3) is 0 Å². The number of aryl methyl sites for hydroxylation is 2. The predicted molar refractivity (Wildman–Crippen MR) is 206 cm³/mol. The molecule has 0 aliphatic rings. The lowest BCUT2D eigenvalue weighted by Gasteiger charge is -2.22. The van der Waals surface area contributed by atoms with Crippen molar-refractivity contribution in [3.05, 3.63) is 21.9 Å². The van der Waals surface area contributed by atoms with Gasteiger partial charge >= 0.3 is 24.4 Å². The number of thiophene rings is 1. The minimum Gasteiger partial charge on any atom is -0.444 e. The number of ether oxygens (including phenoxy) is 4. The number of hydrogen-bond acceptors (Lipinski definition) is 11. The van der Waals surface area contributed by atoms with Gasteiger partial charge in [-0.1, -0.05) is 25.7 Å². The lowest BCUT2D eigenvalue weighted by Crippen LogP contribution is -2.47. The van der Waals surface area contributed by atoms with E-state index in [0.717, 1.165) is 57.8 Å². The summed E-state index contributed by atoms with van der Waals surface area (Å²) in [6.45, 7) is 21.9. The lowest BCUT2D eigenvalue weighted by atomic mass is 10.1. The first-order valence-corrected chi connectivity index (χ1v) is 18.9. The second kappa shape index (κ2) is 21.6. The summed E-state index contributed by atoms with van der Waals surface area (Å²) < 4.78 is 21.2. The van der Waals surface area contributed by atoms with Crippen molar-refractivity contribution in [2.24, 2.45) is 9.98 Å². The molecule has 296 valence electrons. The number of nitrogens with zero attached hydrogens (tertiary/aromatic N) is 2. The van der Waals surface area contributed by atoms with E-state index < -0.39 is 46.8 Å². The van der Waals surface area contributed by atoms with Crippen molar-refractivity contribution in [3.8, 4) is 0 Å². The van der Waals surface area contributed by atoms with Crippen LogP contribution in [0.5, 0.6) is 0 Å². The maximum absolute atomic E-state index is 12.3. The zero-order chi connectivity index (χ0) is 39.6. The van der Waals surface area contributed by atoms with Gasteiger partial charge in [-0.2, -0.15) is 0 Å². The van der Waals surface area contributed by atoms with Crippen LogP contribution in [-0.2, 0) is 31.8 Å². The highest BCUT2D eigenvalue weighted by molar-refractivity contribution is 7.11. The van der Waals surface area contributed by atoms with Crippen LogP contribution in [0, 0.1) is 0 Å². The Balaban J connectivity index is 2.47. The van der Waals surface area contributed by atoms with E-state index in [1.54, 1.807) is 94.4 Å². The number of carbonyl (C=O) groups is 4. The molecular formula is C37H64N6O8S. The molecule has 14 nitrogen and oxygen atoms in total. The van der Waals surface area contributed by atoms with Crippen molar-refractivity contribution < 1.29 is 38.1 Å². The molecule has 4 N–H and O–H groups in total. The van der Waals surface area contributed by atoms with Crippen LogP contribution >= 0.6 is 11.3 Å². The molecule has 1 heterocycles. The maximum atomic E-state index is 12.3. The van der Waals surface area contributed by atoms with Gasteiger partial charge in [0, 0.05) is 22.8 Å². The Morgan fingerprint density at radius 2 is 0.769 bits per heavy atom. The number of hydrogen-bond donors (Lipinski definition) is 4. The predicted octanol–water partition coefficient (Wildman–Crippen LogP) is 8.37. The third kappa shape index (κ3) is 26.0. The molecule has 15 heteroatoms. The van der Waals surface area contributed by atoms with Crippen molar-refractivity contribution in [1.82, 2.24) is 21.3 Å². The van der Waals surface area contributed by atoms with Gasteiger partial charge in [-0.15, -0.1) is 11.3 Å². The molecule has 1 aromatic rings. The zero-order valence-electron chi connectivity index (χ0n) is 33.5. The topological polar surface area (TPSA) is 178 Å². The van der Waals surface area contributed by atoms with Crippen molar-refractivity contribution >= 4 is 47.6 Å². The molecule has 0 atom stereocenters. The van der Waals surface area contributed by atoms with Crippen molar-refractivity contribution in [1.29, 1.82) is 0 Å². The number of amides is 4. The second-order valence-electron chi connectivity index (χ2n) is 16.3. The van der Waals surface area contributed by atoms with Crippen LogP contribution in [-0.4, -0.2) is 71.8 Å². The van der Waals surface area contributed by atoms with Crippen LogP contribution in [0.15, 0.2) is 22.1 Å². The number of guanidine groups is 2. The molecule has 1 rings (SSSR count). The number of aliphatic imine (C=N–C) groups is 2. The molecule has 0 fully saturated rings. The second-order valence-corrected chi connectivity index (χ2v) is 17.6. The molecule has 0 saturated carbocycles. The standard InChI is InChI=1S/C37H64N6O8S/c1-34(2,3)48-30(44)40-28(41-31(45)49-35(4,5)6)38-24-18-16-14-13-15-17-20-26-22-23-27(52-26)21-19-25-39-29(42-32(46)50-36(7,8)9)43-33(47)51-37(10,11)12/h22-23H,13-21,24-25H2,1-12H3,(H2,38,40,41,44,45)(H2,39,42,43,46,47). The van der Waals surface area contributed by atoms with Crippen LogP contribution in [0.1, 0.15) is 138 Å². The Morgan fingerprint density at radius 1 is 0.481 bits per heavy atom. The fourth-order valence-electron chi connectivity index (χ4n) is 4.27. The van der Waals surface area contributed by atoms with Crippen molar-refractivity contribution in [3.63, 3.8) is 0 Å². The molecule has 0 aliphatic heterocycles. The average molecular weight is 753 g/mol. The van der Waals surface area contributed by atoms with Crippen molar-refractivity contribution in [2.45, 2.75) is 163 Å². The molecule has 0 aromatic carbocycles. The lowest BCUT2D eigenvalue weighted by molar-refractivity contribution is 0.0521. The molecule has 0 bridgehead atoms. The highest BCUT2D eigenvalue weighted by Gasteiger charge is 2.22. The molecule has 4 amide bonds. The minimum atomic E-state index is -0.715. The van der Waals surface area contributed by atoms with Gasteiger partial charge in [0.1, 0.15) is 22.4 Å². The Hall–Kier alpha value is -3.88. The molecule has 0 unspecified atom stereocenters. The molecule has 52 heavy (non-hydrogen) atoms. The summed E-state index contributed by atoms with van der Waals surface area (Å²) in [4.78, 5) is 60.4. The van der Waals surface area contributed by atoms with Gasteiger partial charge in [-0.25, -0.2) is 19.2 Å². The van der Waals surface area contributed by atoms with Gasteiger partial charge in [0.15, 0.2) is 0 Å². The molecule has 0 radical (unpaired) electrons. The van der Waals surface area contributed by atoms with E-state index in [1.165, 1.54) is 9.75 Å². The Morgan fingerprint density at radius 3 is 1.12 bits per heavy atom. The summed E-state index contributed by atoms with van der Waals surface area (Å²) in [5.74, 6) is -0.0139. The molecule has 1 aromatic heterocycles. The maximum Gasteiger partial charge on any atom is 0.414 e.